The number of thioether (sulfide) groups is 1. The van der Waals surface area contributed by atoms with Crippen LogP contribution in [0.2, 0.25) is 5.02 Å². The van der Waals surface area contributed by atoms with E-state index in [0.717, 1.165) is 22.1 Å². The number of likely N-dealkylation sites (tertiary alicyclic amines) is 1. The van der Waals surface area contributed by atoms with Crippen LogP contribution in [0.25, 0.3) is 0 Å². The van der Waals surface area contributed by atoms with E-state index in [1.54, 1.807) is 28.8 Å². The van der Waals surface area contributed by atoms with Gasteiger partial charge in [-0.3, -0.25) is 4.99 Å². The highest BCUT2D eigenvalue weighted by Crippen LogP contribution is 2.35. The number of hydrogen-bond donors (Lipinski definition) is 1. The van der Waals surface area contributed by atoms with E-state index >= 15 is 0 Å². The second-order valence-electron chi connectivity index (χ2n) is 7.22. The van der Waals surface area contributed by atoms with Gasteiger partial charge in [0.25, 0.3) is 0 Å². The van der Waals surface area contributed by atoms with Gasteiger partial charge in [-0.05, 0) is 42.2 Å². The summed E-state index contributed by atoms with van der Waals surface area (Å²) in [4.78, 5) is 24.3. The van der Waals surface area contributed by atoms with Gasteiger partial charge in [-0.1, -0.05) is 30.7 Å². The van der Waals surface area contributed by atoms with Crippen LogP contribution in [0.1, 0.15) is 25.3 Å². The molecule has 2 heterocycles. The van der Waals surface area contributed by atoms with Crippen LogP contribution in [-0.2, 0) is 0 Å². The molecule has 0 aliphatic carbocycles. The molecule has 0 atom stereocenters. The van der Waals surface area contributed by atoms with Gasteiger partial charge in [0.15, 0.2) is 5.66 Å². The van der Waals surface area contributed by atoms with Crippen LogP contribution in [0.4, 0.5) is 14.9 Å². The maximum Gasteiger partial charge on any atom is 0.321 e. The van der Waals surface area contributed by atoms with Crippen LogP contribution in [0.15, 0.2) is 58.5 Å². The lowest BCUT2D eigenvalue weighted by atomic mass is 9.98. The maximum absolute atomic E-state index is 13.1. The van der Waals surface area contributed by atoms with Crippen molar-refractivity contribution in [1.82, 2.24) is 4.90 Å². The zero-order valence-corrected chi connectivity index (χ0v) is 18.1. The molecule has 156 valence electrons. The zero-order chi connectivity index (χ0) is 21.1. The number of aliphatic imine (C=N–C) groups is 2. The summed E-state index contributed by atoms with van der Waals surface area (Å²) in [5.41, 5.74) is 1.97. The molecule has 1 N–H and O–H groups in total. The third-order valence-electron chi connectivity index (χ3n) is 5.18. The molecule has 2 aromatic rings. The Morgan fingerprint density at radius 3 is 2.43 bits per heavy atom. The summed E-state index contributed by atoms with van der Waals surface area (Å²) in [6.07, 6.45) is 1.32. The summed E-state index contributed by atoms with van der Waals surface area (Å²) in [6, 6.07) is 13.2. The Balaban J connectivity index is 1.46. The second kappa shape index (κ2) is 8.78. The standard InChI is InChI=1S/C22H22ClFN4OS/c1-2-30-20-19(15-3-5-16(23)6-4-15)26-22(27-20)11-13-28(14-12-22)21(29)25-18-9-7-17(24)8-10-18/h3-10H,2,11-14H2,1H3,(H,25,29). The normalized spacial score (nSPS) is 17.6. The van der Waals surface area contributed by atoms with E-state index in [4.69, 9.17) is 21.6 Å². The molecule has 1 saturated heterocycles. The van der Waals surface area contributed by atoms with Gasteiger partial charge in [-0.15, -0.1) is 11.8 Å². The average Bonchev–Trinajstić information content (AvgIpc) is 3.09. The fraction of sp³-hybridized carbons (Fsp3) is 0.318. The van der Waals surface area contributed by atoms with Crippen molar-refractivity contribution in [3.05, 3.63) is 64.9 Å². The van der Waals surface area contributed by atoms with Gasteiger partial charge in [0.2, 0.25) is 0 Å². The summed E-state index contributed by atoms with van der Waals surface area (Å²) >= 11 is 7.72. The van der Waals surface area contributed by atoms with Gasteiger partial charge in [-0.25, -0.2) is 14.2 Å². The average molecular weight is 445 g/mol. The van der Waals surface area contributed by atoms with E-state index < -0.39 is 5.66 Å². The number of amides is 2. The number of benzene rings is 2. The molecule has 8 heteroatoms. The van der Waals surface area contributed by atoms with Gasteiger partial charge >= 0.3 is 6.03 Å². The SMILES string of the molecule is CCSC1=NC2(CCN(C(=O)Nc3ccc(F)cc3)CC2)N=C1c1ccc(Cl)cc1. The van der Waals surface area contributed by atoms with Crippen LogP contribution >= 0.6 is 23.4 Å². The second-order valence-corrected chi connectivity index (χ2v) is 8.91. The van der Waals surface area contributed by atoms with Gasteiger partial charge in [-0.2, -0.15) is 0 Å². The summed E-state index contributed by atoms with van der Waals surface area (Å²) in [5.74, 6) is 0.579. The van der Waals surface area contributed by atoms with E-state index in [9.17, 15) is 9.18 Å². The van der Waals surface area contributed by atoms with Crippen molar-refractivity contribution in [1.29, 1.82) is 0 Å². The first kappa shape index (κ1) is 20.9. The number of rotatable bonds is 3. The molecule has 2 amide bonds. The Hall–Kier alpha value is -2.38. The minimum absolute atomic E-state index is 0.191. The minimum atomic E-state index is -0.515. The Kier molecular flexibility index (Phi) is 6.11. The maximum atomic E-state index is 13.1. The molecular weight excluding hydrogens is 423 g/mol. The van der Waals surface area contributed by atoms with E-state index in [1.807, 2.05) is 24.3 Å². The molecule has 30 heavy (non-hydrogen) atoms. The number of urea groups is 1. The van der Waals surface area contributed by atoms with E-state index in [0.29, 0.717) is 36.6 Å². The van der Waals surface area contributed by atoms with Crippen molar-refractivity contribution in [2.75, 3.05) is 24.2 Å². The van der Waals surface area contributed by atoms with Gasteiger partial charge in [0, 0.05) is 42.2 Å². The topological polar surface area (TPSA) is 57.1 Å². The van der Waals surface area contributed by atoms with Crippen molar-refractivity contribution >= 4 is 45.8 Å². The molecule has 2 aliphatic heterocycles. The smallest absolute Gasteiger partial charge is 0.321 e. The lowest BCUT2D eigenvalue weighted by Gasteiger charge is -2.35. The minimum Gasteiger partial charge on any atom is -0.324 e. The number of piperidine rings is 1. The van der Waals surface area contributed by atoms with E-state index in [-0.39, 0.29) is 11.8 Å². The van der Waals surface area contributed by atoms with Crippen LogP contribution in [0, 0.1) is 5.82 Å². The molecule has 5 nitrogen and oxygen atoms in total. The summed E-state index contributed by atoms with van der Waals surface area (Å²) in [6.45, 7) is 3.20. The number of hydrogen-bond acceptors (Lipinski definition) is 4. The molecule has 0 aromatic heterocycles. The molecule has 0 radical (unpaired) electrons. The van der Waals surface area contributed by atoms with Crippen LogP contribution < -0.4 is 5.32 Å². The molecule has 2 aliphatic rings. The van der Waals surface area contributed by atoms with Crippen LogP contribution in [0.3, 0.4) is 0 Å². The number of nitrogens with zero attached hydrogens (tertiary/aromatic N) is 3. The third-order valence-corrected chi connectivity index (χ3v) is 6.28. The molecule has 1 fully saturated rings. The first-order chi connectivity index (χ1) is 14.5. The van der Waals surface area contributed by atoms with Crippen molar-refractivity contribution in [3.63, 3.8) is 0 Å². The Morgan fingerprint density at radius 2 is 1.80 bits per heavy atom. The summed E-state index contributed by atoms with van der Waals surface area (Å²) in [7, 11) is 0. The van der Waals surface area contributed by atoms with E-state index in [1.165, 1.54) is 12.1 Å². The lowest BCUT2D eigenvalue weighted by Crippen LogP contribution is -2.46. The number of halogens is 2. The lowest BCUT2D eigenvalue weighted by molar-refractivity contribution is 0.175. The fourth-order valence-corrected chi connectivity index (χ4v) is 4.52. The summed E-state index contributed by atoms with van der Waals surface area (Å²) in [5, 5.41) is 4.46. The fourth-order valence-electron chi connectivity index (χ4n) is 3.58. The first-order valence-corrected chi connectivity index (χ1v) is 11.2. The predicted molar refractivity (Wildman–Crippen MR) is 123 cm³/mol. The number of carbonyl (C=O) groups is 1. The van der Waals surface area contributed by atoms with Crippen molar-refractivity contribution in [2.45, 2.75) is 25.4 Å². The van der Waals surface area contributed by atoms with Crippen molar-refractivity contribution in [3.8, 4) is 0 Å². The molecule has 1 spiro atoms. The predicted octanol–water partition coefficient (Wildman–Crippen LogP) is 5.46. The monoisotopic (exact) mass is 444 g/mol. The Morgan fingerprint density at radius 1 is 1.13 bits per heavy atom. The molecule has 0 unspecified atom stereocenters. The quantitative estimate of drug-likeness (QED) is 0.683. The van der Waals surface area contributed by atoms with Gasteiger partial charge < -0.3 is 10.2 Å². The largest absolute Gasteiger partial charge is 0.324 e. The molecular formula is C22H22ClFN4OS. The molecule has 4 rings (SSSR count). The highest BCUT2D eigenvalue weighted by atomic mass is 35.5. The number of anilines is 1. The summed E-state index contributed by atoms with van der Waals surface area (Å²) < 4.78 is 13.1. The van der Waals surface area contributed by atoms with Crippen molar-refractivity contribution in [2.24, 2.45) is 9.98 Å². The first-order valence-electron chi connectivity index (χ1n) is 9.88. The molecule has 0 saturated carbocycles. The molecule has 0 bridgehead atoms. The zero-order valence-electron chi connectivity index (χ0n) is 16.6. The Bertz CT molecular complexity index is 983. The number of carbonyl (C=O) groups excluding carboxylic acids is 1. The molecule has 2 aromatic carbocycles. The Labute approximate surface area is 184 Å². The van der Waals surface area contributed by atoms with Crippen molar-refractivity contribution < 1.29 is 9.18 Å². The van der Waals surface area contributed by atoms with Gasteiger partial charge in [0.1, 0.15) is 10.9 Å². The van der Waals surface area contributed by atoms with Gasteiger partial charge in [0.05, 0.1) is 5.71 Å². The third kappa shape index (κ3) is 4.52. The highest BCUT2D eigenvalue weighted by molar-refractivity contribution is 8.15. The van der Waals surface area contributed by atoms with Crippen LogP contribution in [-0.4, -0.2) is 46.2 Å². The van der Waals surface area contributed by atoms with Crippen LogP contribution in [0.5, 0.6) is 0 Å². The number of nitrogens with one attached hydrogen (secondary N) is 1. The van der Waals surface area contributed by atoms with E-state index in [2.05, 4.69) is 12.2 Å². The highest BCUT2D eigenvalue weighted by Gasteiger charge is 2.40.